The monoisotopic (exact) mass is 275 g/mol. The highest BCUT2D eigenvalue weighted by Gasteiger charge is 2.22. The molecule has 6 nitrogen and oxygen atoms in total. The first kappa shape index (κ1) is 14.6. The SMILES string of the molecule is CC(C)(C)OC(=O)N1C=CC(OS(C)(=O)=O)=CC1. The van der Waals surface area contributed by atoms with Gasteiger partial charge in [0.2, 0.25) is 0 Å². The maximum absolute atomic E-state index is 11.7. The number of ether oxygens (including phenoxy) is 1. The van der Waals surface area contributed by atoms with Gasteiger partial charge < -0.3 is 8.92 Å². The van der Waals surface area contributed by atoms with Gasteiger partial charge in [-0.2, -0.15) is 8.42 Å². The van der Waals surface area contributed by atoms with Crippen LogP contribution in [-0.4, -0.2) is 37.8 Å². The number of hydrogen-bond donors (Lipinski definition) is 0. The average molecular weight is 275 g/mol. The zero-order chi connectivity index (χ0) is 14.0. The van der Waals surface area contributed by atoms with Gasteiger partial charge in [-0.3, -0.25) is 4.90 Å². The van der Waals surface area contributed by atoms with Crippen molar-refractivity contribution in [3.05, 3.63) is 24.1 Å². The topological polar surface area (TPSA) is 72.9 Å². The highest BCUT2D eigenvalue weighted by atomic mass is 32.2. The van der Waals surface area contributed by atoms with Crippen LogP contribution in [-0.2, 0) is 19.0 Å². The maximum atomic E-state index is 11.7. The molecule has 0 bridgehead atoms. The molecule has 0 aromatic rings. The van der Waals surface area contributed by atoms with Crippen LogP contribution in [0.1, 0.15) is 20.8 Å². The number of amides is 1. The molecule has 7 heteroatoms. The minimum atomic E-state index is -3.54. The summed E-state index contributed by atoms with van der Waals surface area (Å²) in [6.07, 6.45) is 4.78. The molecule has 0 spiro atoms. The lowest BCUT2D eigenvalue weighted by atomic mass is 10.2. The van der Waals surface area contributed by atoms with Gasteiger partial charge in [-0.05, 0) is 32.9 Å². The molecule has 0 aromatic carbocycles. The van der Waals surface area contributed by atoms with Crippen LogP contribution in [0.2, 0.25) is 0 Å². The molecular formula is C11H17NO5S. The molecule has 1 aliphatic heterocycles. The van der Waals surface area contributed by atoms with E-state index in [0.29, 0.717) is 0 Å². The summed E-state index contributed by atoms with van der Waals surface area (Å²) in [4.78, 5) is 13.0. The highest BCUT2D eigenvalue weighted by molar-refractivity contribution is 7.86. The molecule has 0 aliphatic carbocycles. The van der Waals surface area contributed by atoms with Crippen molar-refractivity contribution in [2.45, 2.75) is 26.4 Å². The zero-order valence-corrected chi connectivity index (χ0v) is 11.7. The quantitative estimate of drug-likeness (QED) is 0.716. The van der Waals surface area contributed by atoms with Gasteiger partial charge in [0, 0.05) is 6.20 Å². The molecule has 0 atom stereocenters. The number of rotatable bonds is 2. The smallest absolute Gasteiger partial charge is 0.414 e. The predicted octanol–water partition coefficient (Wildman–Crippen LogP) is 1.61. The van der Waals surface area contributed by atoms with Gasteiger partial charge >= 0.3 is 16.2 Å². The fraction of sp³-hybridized carbons (Fsp3) is 0.545. The molecule has 1 rings (SSSR count). The fourth-order valence-corrected chi connectivity index (χ4v) is 1.65. The molecule has 0 unspecified atom stereocenters. The van der Waals surface area contributed by atoms with Crippen molar-refractivity contribution in [3.63, 3.8) is 0 Å². The van der Waals surface area contributed by atoms with Gasteiger partial charge in [0.05, 0.1) is 12.8 Å². The average Bonchev–Trinajstić information content (AvgIpc) is 2.13. The Morgan fingerprint density at radius 3 is 2.39 bits per heavy atom. The second-order valence-electron chi connectivity index (χ2n) is 4.84. The molecule has 0 aromatic heterocycles. The Labute approximate surface area is 107 Å². The third-order valence-corrected chi connectivity index (χ3v) is 2.28. The Bertz CT molecular complexity index is 484. The van der Waals surface area contributed by atoms with Gasteiger partial charge in [0.1, 0.15) is 11.4 Å². The summed E-state index contributed by atoms with van der Waals surface area (Å²) < 4.78 is 31.6. The maximum Gasteiger partial charge on any atom is 0.414 e. The molecule has 1 aliphatic rings. The molecule has 18 heavy (non-hydrogen) atoms. The van der Waals surface area contributed by atoms with E-state index in [9.17, 15) is 13.2 Å². The van der Waals surface area contributed by atoms with Gasteiger partial charge in [0.15, 0.2) is 0 Å². The zero-order valence-electron chi connectivity index (χ0n) is 10.8. The van der Waals surface area contributed by atoms with E-state index in [1.807, 2.05) is 0 Å². The molecule has 1 heterocycles. The standard InChI is InChI=1S/C11H17NO5S/c1-11(2,3)16-10(13)12-7-5-9(6-8-12)17-18(4,14)15/h5-7H,8H2,1-4H3. The number of allylic oxidation sites excluding steroid dienone is 1. The summed E-state index contributed by atoms with van der Waals surface area (Å²) in [5, 5.41) is 0. The fourth-order valence-electron chi connectivity index (χ4n) is 1.17. The number of carbonyl (C=O) groups excluding carboxylic acids is 1. The molecular weight excluding hydrogens is 258 g/mol. The number of hydrogen-bond acceptors (Lipinski definition) is 5. The Morgan fingerprint density at radius 2 is 2.00 bits per heavy atom. The minimum absolute atomic E-state index is 0.192. The van der Waals surface area contributed by atoms with E-state index in [-0.39, 0.29) is 12.3 Å². The number of carbonyl (C=O) groups is 1. The van der Waals surface area contributed by atoms with Gasteiger partial charge in [0.25, 0.3) is 0 Å². The van der Waals surface area contributed by atoms with E-state index >= 15 is 0 Å². The minimum Gasteiger partial charge on any atom is -0.443 e. The molecule has 0 saturated heterocycles. The van der Waals surface area contributed by atoms with E-state index in [0.717, 1.165) is 6.26 Å². The van der Waals surface area contributed by atoms with Crippen LogP contribution in [0.5, 0.6) is 0 Å². The Morgan fingerprint density at radius 1 is 1.39 bits per heavy atom. The summed E-state index contributed by atoms with van der Waals surface area (Å²) in [7, 11) is -3.54. The molecule has 102 valence electrons. The van der Waals surface area contributed by atoms with Crippen molar-refractivity contribution in [1.29, 1.82) is 0 Å². The van der Waals surface area contributed by atoms with E-state index in [1.165, 1.54) is 23.3 Å². The van der Waals surface area contributed by atoms with Crippen LogP contribution in [0.15, 0.2) is 24.1 Å². The van der Waals surface area contributed by atoms with Crippen molar-refractivity contribution in [2.24, 2.45) is 0 Å². The van der Waals surface area contributed by atoms with Gasteiger partial charge in [-0.15, -0.1) is 0 Å². The third kappa shape index (κ3) is 5.22. The molecule has 0 radical (unpaired) electrons. The van der Waals surface area contributed by atoms with Crippen molar-refractivity contribution in [2.75, 3.05) is 12.8 Å². The van der Waals surface area contributed by atoms with E-state index in [2.05, 4.69) is 4.18 Å². The lowest BCUT2D eigenvalue weighted by Crippen LogP contribution is -2.34. The van der Waals surface area contributed by atoms with Crippen LogP contribution in [0, 0.1) is 0 Å². The van der Waals surface area contributed by atoms with Crippen LogP contribution in [0.4, 0.5) is 4.79 Å². The lowest BCUT2D eigenvalue weighted by Gasteiger charge is -2.25. The first-order valence-corrected chi connectivity index (χ1v) is 7.16. The van der Waals surface area contributed by atoms with Crippen LogP contribution < -0.4 is 0 Å². The van der Waals surface area contributed by atoms with Gasteiger partial charge in [-0.1, -0.05) is 0 Å². The number of nitrogens with zero attached hydrogens (tertiary/aromatic N) is 1. The normalized spacial score (nSPS) is 16.2. The van der Waals surface area contributed by atoms with E-state index < -0.39 is 21.8 Å². The Hall–Kier alpha value is -1.50. The van der Waals surface area contributed by atoms with Crippen molar-refractivity contribution >= 4 is 16.2 Å². The molecule has 0 saturated carbocycles. The van der Waals surface area contributed by atoms with Crippen LogP contribution in [0.3, 0.4) is 0 Å². The van der Waals surface area contributed by atoms with E-state index in [4.69, 9.17) is 4.74 Å². The van der Waals surface area contributed by atoms with Crippen LogP contribution >= 0.6 is 0 Å². The van der Waals surface area contributed by atoms with Gasteiger partial charge in [-0.25, -0.2) is 4.79 Å². The van der Waals surface area contributed by atoms with Crippen LogP contribution in [0.25, 0.3) is 0 Å². The first-order chi connectivity index (χ1) is 8.07. The summed E-state index contributed by atoms with van der Waals surface area (Å²) in [5.41, 5.74) is -0.571. The van der Waals surface area contributed by atoms with E-state index in [1.54, 1.807) is 20.8 Å². The first-order valence-electron chi connectivity index (χ1n) is 5.34. The summed E-state index contributed by atoms with van der Waals surface area (Å²) in [6.45, 7) is 5.52. The van der Waals surface area contributed by atoms with Crippen molar-refractivity contribution < 1.29 is 22.1 Å². The Balaban J connectivity index is 2.59. The second-order valence-corrected chi connectivity index (χ2v) is 6.42. The lowest BCUT2D eigenvalue weighted by molar-refractivity contribution is 0.0348. The summed E-state index contributed by atoms with van der Waals surface area (Å²) in [6, 6.07) is 0. The third-order valence-electron chi connectivity index (χ3n) is 1.78. The molecule has 1 amide bonds. The summed E-state index contributed by atoms with van der Waals surface area (Å²) in [5.74, 6) is 0.192. The Kier molecular flexibility index (Phi) is 4.05. The molecule has 0 N–H and O–H groups in total. The second kappa shape index (κ2) is 5.01. The van der Waals surface area contributed by atoms with Crippen molar-refractivity contribution in [3.8, 4) is 0 Å². The summed E-state index contributed by atoms with van der Waals surface area (Å²) >= 11 is 0. The largest absolute Gasteiger partial charge is 0.443 e. The predicted molar refractivity (Wildman–Crippen MR) is 66.1 cm³/mol. The molecule has 0 fully saturated rings. The van der Waals surface area contributed by atoms with Crippen molar-refractivity contribution in [1.82, 2.24) is 4.90 Å². The highest BCUT2D eigenvalue weighted by Crippen LogP contribution is 2.15.